The Morgan fingerprint density at radius 2 is 2.13 bits per heavy atom. The first-order chi connectivity index (χ1) is 7.24. The molecule has 1 aliphatic heterocycles. The minimum absolute atomic E-state index is 0.130. The van der Waals surface area contributed by atoms with E-state index >= 15 is 0 Å². The normalized spacial score (nSPS) is 29.0. The van der Waals surface area contributed by atoms with Gasteiger partial charge >= 0.3 is 6.03 Å². The molecule has 1 unspecified atom stereocenters. The van der Waals surface area contributed by atoms with Gasteiger partial charge in [-0.15, -0.1) is 0 Å². The van der Waals surface area contributed by atoms with E-state index in [0.29, 0.717) is 13.2 Å². The summed E-state index contributed by atoms with van der Waals surface area (Å²) in [6.07, 6.45) is 3.75. The average Bonchev–Trinajstić information content (AvgIpc) is 2.66. The van der Waals surface area contributed by atoms with Crippen molar-refractivity contribution in [2.24, 2.45) is 0 Å². The second-order valence-corrected chi connectivity index (χ2v) is 4.12. The molecule has 2 rings (SSSR count). The molecule has 0 radical (unpaired) electrons. The highest BCUT2D eigenvalue weighted by molar-refractivity contribution is 5.73. The Hall–Kier alpha value is -0.810. The zero-order chi connectivity index (χ0) is 10.7. The van der Waals surface area contributed by atoms with Crippen molar-refractivity contribution >= 4 is 6.03 Å². The van der Waals surface area contributed by atoms with Crippen LogP contribution in [-0.2, 0) is 9.47 Å². The predicted molar refractivity (Wildman–Crippen MR) is 54.5 cm³/mol. The number of urea groups is 1. The predicted octanol–water partition coefficient (Wildman–Crippen LogP) is 0.601. The smallest absolute Gasteiger partial charge is 0.314 e. The Bertz CT molecular complexity index is 239. The quantitative estimate of drug-likeness (QED) is 0.672. The number of ether oxygens (including phenoxy) is 2. The highest BCUT2D eigenvalue weighted by Gasteiger charge is 2.41. The van der Waals surface area contributed by atoms with Gasteiger partial charge in [0.2, 0.25) is 0 Å². The van der Waals surface area contributed by atoms with Gasteiger partial charge < -0.3 is 20.1 Å². The summed E-state index contributed by atoms with van der Waals surface area (Å²) in [5, 5.41) is 5.47. The fourth-order valence-corrected chi connectivity index (χ4v) is 2.34. The number of carbonyl (C=O) groups is 1. The van der Waals surface area contributed by atoms with Crippen LogP contribution < -0.4 is 10.6 Å². The fourth-order valence-electron chi connectivity index (χ4n) is 2.34. The molecule has 1 aliphatic carbocycles. The van der Waals surface area contributed by atoms with Gasteiger partial charge in [0.05, 0.1) is 13.2 Å². The number of nitrogens with one attached hydrogen (secondary N) is 2. The summed E-state index contributed by atoms with van der Waals surface area (Å²) in [4.78, 5) is 11.2. The average molecular weight is 214 g/mol. The molecule has 0 bridgehead atoms. The van der Waals surface area contributed by atoms with Crippen molar-refractivity contribution < 1.29 is 14.3 Å². The molecule has 1 heterocycles. The highest BCUT2D eigenvalue weighted by Crippen LogP contribution is 2.35. The topological polar surface area (TPSA) is 59.6 Å². The van der Waals surface area contributed by atoms with Crippen LogP contribution in [0.3, 0.4) is 0 Å². The first kappa shape index (κ1) is 10.7. The van der Waals surface area contributed by atoms with Crippen molar-refractivity contribution in [1.29, 1.82) is 0 Å². The lowest BCUT2D eigenvalue weighted by molar-refractivity contribution is -0.180. The van der Waals surface area contributed by atoms with E-state index in [2.05, 4.69) is 10.6 Å². The maximum absolute atomic E-state index is 11.2. The molecule has 1 saturated heterocycles. The van der Waals surface area contributed by atoms with Gasteiger partial charge in [0, 0.05) is 25.9 Å². The van der Waals surface area contributed by atoms with Gasteiger partial charge in [-0.05, 0) is 12.8 Å². The van der Waals surface area contributed by atoms with Crippen LogP contribution in [0, 0.1) is 0 Å². The van der Waals surface area contributed by atoms with Gasteiger partial charge in [-0.3, -0.25) is 0 Å². The molecule has 86 valence electrons. The lowest BCUT2D eigenvalue weighted by Crippen LogP contribution is -2.48. The van der Waals surface area contributed by atoms with Crippen molar-refractivity contribution in [2.45, 2.75) is 37.5 Å². The van der Waals surface area contributed by atoms with Crippen molar-refractivity contribution in [3.05, 3.63) is 0 Å². The minimum Gasteiger partial charge on any atom is -0.347 e. The molecule has 5 nitrogen and oxygen atoms in total. The lowest BCUT2D eigenvalue weighted by atomic mass is 9.90. The first-order valence-electron chi connectivity index (χ1n) is 5.50. The Balaban J connectivity index is 1.89. The molecule has 0 aromatic rings. The van der Waals surface area contributed by atoms with Crippen LogP contribution in [0.15, 0.2) is 0 Å². The Labute approximate surface area is 89.5 Å². The summed E-state index contributed by atoms with van der Waals surface area (Å²) in [5.41, 5.74) is 0. The van der Waals surface area contributed by atoms with Gasteiger partial charge in [-0.2, -0.15) is 0 Å². The Morgan fingerprint density at radius 1 is 1.40 bits per heavy atom. The molecule has 1 saturated carbocycles. The number of carbonyl (C=O) groups excluding carboxylic acids is 1. The standard InChI is InChI=1S/C10H18N2O3/c1-11-9(13)12-8-3-2-4-10(7-8)14-5-6-15-10/h8H,2-7H2,1H3,(H2,11,12,13). The molecule has 15 heavy (non-hydrogen) atoms. The second kappa shape index (κ2) is 4.37. The van der Waals surface area contributed by atoms with Gasteiger partial charge in [0.15, 0.2) is 5.79 Å². The van der Waals surface area contributed by atoms with Crippen molar-refractivity contribution in [2.75, 3.05) is 20.3 Å². The van der Waals surface area contributed by atoms with Gasteiger partial charge in [-0.25, -0.2) is 4.79 Å². The van der Waals surface area contributed by atoms with Crippen molar-refractivity contribution in [3.8, 4) is 0 Å². The van der Waals surface area contributed by atoms with Crippen LogP contribution in [-0.4, -0.2) is 38.1 Å². The molecular weight excluding hydrogens is 196 g/mol. The van der Waals surface area contributed by atoms with Crippen LogP contribution in [0.25, 0.3) is 0 Å². The van der Waals surface area contributed by atoms with E-state index < -0.39 is 5.79 Å². The van der Waals surface area contributed by atoms with Gasteiger partial charge in [0.1, 0.15) is 0 Å². The highest BCUT2D eigenvalue weighted by atomic mass is 16.7. The first-order valence-corrected chi connectivity index (χ1v) is 5.50. The summed E-state index contributed by atoms with van der Waals surface area (Å²) < 4.78 is 11.3. The summed E-state index contributed by atoms with van der Waals surface area (Å²) in [6.45, 7) is 1.35. The zero-order valence-corrected chi connectivity index (χ0v) is 9.04. The van der Waals surface area contributed by atoms with E-state index in [1.165, 1.54) is 0 Å². The molecule has 2 aliphatic rings. The monoisotopic (exact) mass is 214 g/mol. The Kier molecular flexibility index (Phi) is 3.11. The molecule has 1 spiro atoms. The van der Waals surface area contributed by atoms with Crippen LogP contribution in [0.5, 0.6) is 0 Å². The molecule has 0 aromatic carbocycles. The van der Waals surface area contributed by atoms with Crippen LogP contribution in [0.2, 0.25) is 0 Å². The van der Waals surface area contributed by atoms with Crippen molar-refractivity contribution in [1.82, 2.24) is 10.6 Å². The third-order valence-electron chi connectivity index (χ3n) is 3.04. The lowest BCUT2D eigenvalue weighted by Gasteiger charge is -2.36. The van der Waals surface area contributed by atoms with E-state index in [0.717, 1.165) is 25.7 Å². The number of amides is 2. The largest absolute Gasteiger partial charge is 0.347 e. The summed E-state index contributed by atoms with van der Waals surface area (Å²) >= 11 is 0. The van der Waals surface area contributed by atoms with E-state index in [4.69, 9.17) is 9.47 Å². The van der Waals surface area contributed by atoms with Gasteiger partial charge in [0.25, 0.3) is 0 Å². The molecule has 2 amide bonds. The van der Waals surface area contributed by atoms with E-state index in [1.807, 2.05) is 0 Å². The number of rotatable bonds is 1. The molecule has 2 N–H and O–H groups in total. The van der Waals surface area contributed by atoms with Crippen LogP contribution >= 0.6 is 0 Å². The SMILES string of the molecule is CNC(=O)NC1CCCC2(C1)OCCO2. The maximum atomic E-state index is 11.2. The minimum atomic E-state index is -0.413. The maximum Gasteiger partial charge on any atom is 0.314 e. The van der Waals surface area contributed by atoms with Crippen molar-refractivity contribution in [3.63, 3.8) is 0 Å². The third kappa shape index (κ3) is 2.41. The van der Waals surface area contributed by atoms with Crippen LogP contribution in [0.4, 0.5) is 4.79 Å². The second-order valence-electron chi connectivity index (χ2n) is 4.12. The molecule has 1 atom stereocenters. The summed E-state index contributed by atoms with van der Waals surface area (Å²) in [6, 6.07) is 0.0341. The van der Waals surface area contributed by atoms with E-state index in [1.54, 1.807) is 7.05 Å². The van der Waals surface area contributed by atoms with E-state index in [9.17, 15) is 4.79 Å². The summed E-state index contributed by atoms with van der Waals surface area (Å²) in [7, 11) is 1.62. The van der Waals surface area contributed by atoms with Gasteiger partial charge in [-0.1, -0.05) is 0 Å². The number of hydrogen-bond acceptors (Lipinski definition) is 3. The molecule has 5 heteroatoms. The number of hydrogen-bond donors (Lipinski definition) is 2. The molecular formula is C10H18N2O3. The zero-order valence-electron chi connectivity index (χ0n) is 9.04. The molecule has 2 fully saturated rings. The summed E-state index contributed by atoms with van der Waals surface area (Å²) in [5.74, 6) is -0.413. The van der Waals surface area contributed by atoms with Crippen LogP contribution in [0.1, 0.15) is 25.7 Å². The fraction of sp³-hybridized carbons (Fsp3) is 0.900. The van der Waals surface area contributed by atoms with E-state index in [-0.39, 0.29) is 12.1 Å². The molecule has 0 aromatic heterocycles. The Morgan fingerprint density at radius 3 is 2.80 bits per heavy atom. The third-order valence-corrected chi connectivity index (χ3v) is 3.04.